The minimum Gasteiger partial charge on any atom is -0.207 e. The lowest BCUT2D eigenvalue weighted by Gasteiger charge is -2.01. The van der Waals surface area contributed by atoms with E-state index in [4.69, 9.17) is 0 Å². The topological polar surface area (TPSA) is 0 Å². The Balaban J connectivity index is 2.69. The van der Waals surface area contributed by atoms with E-state index >= 15 is 0 Å². The minimum atomic E-state index is -0.121. The molecule has 2 heteroatoms. The molecule has 0 atom stereocenters. The average molecular weight is 184 g/mol. The summed E-state index contributed by atoms with van der Waals surface area (Å²) in [4.78, 5) is 0. The Morgan fingerprint density at radius 3 is 2.75 bits per heavy atom. The molecule has 1 aromatic carbocycles. The van der Waals surface area contributed by atoms with Crippen LogP contribution in [0.3, 0.4) is 0 Å². The van der Waals surface area contributed by atoms with Gasteiger partial charge in [-0.25, -0.2) is 4.39 Å². The van der Waals surface area contributed by atoms with Crippen molar-refractivity contribution in [3.8, 4) is 0 Å². The molecule has 1 rings (SSSR count). The Kier molecular flexibility index (Phi) is 3.60. The van der Waals surface area contributed by atoms with Crippen molar-refractivity contribution in [2.24, 2.45) is 0 Å². The molecule has 0 aromatic heterocycles. The van der Waals surface area contributed by atoms with Crippen molar-refractivity contribution in [2.75, 3.05) is 5.75 Å². The SMILES string of the molecule is Cc1cc(CCCS)ccc1F. The Bertz CT molecular complexity index is 258. The van der Waals surface area contributed by atoms with Gasteiger partial charge in [-0.3, -0.25) is 0 Å². The minimum absolute atomic E-state index is 0.121. The lowest BCUT2D eigenvalue weighted by molar-refractivity contribution is 0.617. The summed E-state index contributed by atoms with van der Waals surface area (Å²) in [5, 5.41) is 0. The molecule has 66 valence electrons. The summed E-state index contributed by atoms with van der Waals surface area (Å²) < 4.78 is 12.8. The van der Waals surface area contributed by atoms with Crippen molar-refractivity contribution in [3.05, 3.63) is 35.1 Å². The molecule has 0 fully saturated rings. The molecular weight excluding hydrogens is 171 g/mol. The van der Waals surface area contributed by atoms with Crippen molar-refractivity contribution in [1.29, 1.82) is 0 Å². The number of thiol groups is 1. The van der Waals surface area contributed by atoms with E-state index < -0.39 is 0 Å². The Morgan fingerprint density at radius 2 is 2.17 bits per heavy atom. The van der Waals surface area contributed by atoms with E-state index in [9.17, 15) is 4.39 Å². The van der Waals surface area contributed by atoms with Gasteiger partial charge in [-0.2, -0.15) is 12.6 Å². The van der Waals surface area contributed by atoms with E-state index in [1.165, 1.54) is 11.6 Å². The van der Waals surface area contributed by atoms with Crippen LogP contribution >= 0.6 is 12.6 Å². The second-order valence-electron chi connectivity index (χ2n) is 2.91. The van der Waals surface area contributed by atoms with Gasteiger partial charge >= 0.3 is 0 Å². The first kappa shape index (κ1) is 9.59. The molecule has 0 radical (unpaired) electrons. The quantitative estimate of drug-likeness (QED) is 0.686. The Morgan fingerprint density at radius 1 is 1.42 bits per heavy atom. The predicted molar refractivity (Wildman–Crippen MR) is 53.3 cm³/mol. The van der Waals surface area contributed by atoms with Crippen LogP contribution in [0.1, 0.15) is 17.5 Å². The van der Waals surface area contributed by atoms with E-state index in [0.29, 0.717) is 0 Å². The van der Waals surface area contributed by atoms with Crippen LogP contribution in [-0.2, 0) is 6.42 Å². The maximum atomic E-state index is 12.8. The molecule has 0 bridgehead atoms. The van der Waals surface area contributed by atoms with Crippen molar-refractivity contribution in [1.82, 2.24) is 0 Å². The fraction of sp³-hybridized carbons (Fsp3) is 0.400. The van der Waals surface area contributed by atoms with Gasteiger partial charge in [-0.05, 0) is 42.7 Å². The number of aryl methyl sites for hydroxylation is 2. The number of halogens is 1. The highest BCUT2D eigenvalue weighted by atomic mass is 32.1. The molecule has 0 heterocycles. The van der Waals surface area contributed by atoms with E-state index in [1.54, 1.807) is 6.92 Å². The van der Waals surface area contributed by atoms with Crippen LogP contribution < -0.4 is 0 Å². The van der Waals surface area contributed by atoms with Gasteiger partial charge in [0.05, 0.1) is 0 Å². The molecule has 0 saturated heterocycles. The lowest BCUT2D eigenvalue weighted by atomic mass is 10.1. The zero-order valence-electron chi connectivity index (χ0n) is 7.18. The first-order valence-electron chi connectivity index (χ1n) is 4.10. The van der Waals surface area contributed by atoms with Crippen LogP contribution in [0.2, 0.25) is 0 Å². The standard InChI is InChI=1S/C10H13FS/c1-8-7-9(3-2-6-12)4-5-10(8)11/h4-5,7,12H,2-3,6H2,1H3. The number of hydrogen-bond donors (Lipinski definition) is 1. The van der Waals surface area contributed by atoms with Gasteiger partial charge in [0, 0.05) is 0 Å². The van der Waals surface area contributed by atoms with Crippen molar-refractivity contribution in [3.63, 3.8) is 0 Å². The fourth-order valence-corrected chi connectivity index (χ4v) is 1.30. The van der Waals surface area contributed by atoms with Crippen LogP contribution in [0.25, 0.3) is 0 Å². The summed E-state index contributed by atoms with van der Waals surface area (Å²) >= 11 is 4.12. The van der Waals surface area contributed by atoms with Crippen molar-refractivity contribution < 1.29 is 4.39 Å². The molecule has 12 heavy (non-hydrogen) atoms. The summed E-state index contributed by atoms with van der Waals surface area (Å²) in [6, 6.07) is 5.27. The first-order valence-corrected chi connectivity index (χ1v) is 4.73. The van der Waals surface area contributed by atoms with E-state index in [2.05, 4.69) is 12.6 Å². The summed E-state index contributed by atoms with van der Waals surface area (Å²) in [7, 11) is 0. The van der Waals surface area contributed by atoms with Crippen molar-refractivity contribution in [2.45, 2.75) is 19.8 Å². The molecule has 1 aromatic rings. The maximum Gasteiger partial charge on any atom is 0.126 e. The Labute approximate surface area is 78.2 Å². The second kappa shape index (κ2) is 4.51. The van der Waals surface area contributed by atoms with Crippen LogP contribution in [-0.4, -0.2) is 5.75 Å². The lowest BCUT2D eigenvalue weighted by Crippen LogP contribution is -1.89. The summed E-state index contributed by atoms with van der Waals surface area (Å²) in [5.74, 6) is 0.765. The zero-order valence-corrected chi connectivity index (χ0v) is 8.07. The fourth-order valence-electron chi connectivity index (χ4n) is 1.15. The molecule has 0 spiro atoms. The normalized spacial score (nSPS) is 10.2. The third-order valence-corrected chi connectivity index (χ3v) is 2.16. The summed E-state index contributed by atoms with van der Waals surface area (Å²) in [6.45, 7) is 1.79. The zero-order chi connectivity index (χ0) is 8.97. The molecule has 0 aliphatic heterocycles. The monoisotopic (exact) mass is 184 g/mol. The smallest absolute Gasteiger partial charge is 0.126 e. The molecule has 0 nitrogen and oxygen atoms in total. The third-order valence-electron chi connectivity index (χ3n) is 1.85. The first-order chi connectivity index (χ1) is 5.74. The summed E-state index contributed by atoms with van der Waals surface area (Å²) in [6.07, 6.45) is 2.04. The number of hydrogen-bond acceptors (Lipinski definition) is 1. The van der Waals surface area contributed by atoms with Gasteiger partial charge in [0.25, 0.3) is 0 Å². The third kappa shape index (κ3) is 2.52. The molecule has 0 saturated carbocycles. The molecule has 0 N–H and O–H groups in total. The van der Waals surface area contributed by atoms with Crippen LogP contribution in [0.15, 0.2) is 18.2 Å². The highest BCUT2D eigenvalue weighted by Crippen LogP contribution is 2.10. The van der Waals surface area contributed by atoms with Gasteiger partial charge in [0.15, 0.2) is 0 Å². The van der Waals surface area contributed by atoms with Gasteiger partial charge in [-0.15, -0.1) is 0 Å². The van der Waals surface area contributed by atoms with E-state index in [-0.39, 0.29) is 5.82 Å². The van der Waals surface area contributed by atoms with Gasteiger partial charge in [0.2, 0.25) is 0 Å². The molecule has 0 aliphatic carbocycles. The van der Waals surface area contributed by atoms with Crippen molar-refractivity contribution >= 4 is 12.6 Å². The van der Waals surface area contributed by atoms with Gasteiger partial charge < -0.3 is 0 Å². The van der Waals surface area contributed by atoms with Crippen LogP contribution in [0.5, 0.6) is 0 Å². The maximum absolute atomic E-state index is 12.8. The second-order valence-corrected chi connectivity index (χ2v) is 3.36. The highest BCUT2D eigenvalue weighted by Gasteiger charge is 1.97. The van der Waals surface area contributed by atoms with Gasteiger partial charge in [0.1, 0.15) is 5.82 Å². The molecular formula is C10H13FS. The van der Waals surface area contributed by atoms with Crippen LogP contribution in [0.4, 0.5) is 4.39 Å². The largest absolute Gasteiger partial charge is 0.207 e. The van der Waals surface area contributed by atoms with Gasteiger partial charge in [-0.1, -0.05) is 12.1 Å². The summed E-state index contributed by atoms with van der Waals surface area (Å²) in [5.41, 5.74) is 1.93. The number of rotatable bonds is 3. The molecule has 0 aliphatic rings. The average Bonchev–Trinajstić information content (AvgIpc) is 2.07. The highest BCUT2D eigenvalue weighted by molar-refractivity contribution is 7.80. The molecule has 0 unspecified atom stereocenters. The van der Waals surface area contributed by atoms with E-state index in [1.807, 2.05) is 12.1 Å². The molecule has 0 amide bonds. The van der Waals surface area contributed by atoms with Crippen LogP contribution in [0, 0.1) is 12.7 Å². The number of benzene rings is 1. The Hall–Kier alpha value is -0.500. The van der Waals surface area contributed by atoms with E-state index in [0.717, 1.165) is 24.2 Å². The predicted octanol–water partition coefficient (Wildman–Crippen LogP) is 3.00.